The Bertz CT molecular complexity index is 4630. The largest absolute Gasteiger partial charge is 0.505 e. The number of nitrogens with zero attached hydrogens (tertiary/aromatic N) is 9. The molecule has 0 spiro atoms. The molecule has 0 aliphatic carbocycles. The van der Waals surface area contributed by atoms with Gasteiger partial charge < -0.3 is 42.4 Å². The Morgan fingerprint density at radius 2 is 0.764 bits per heavy atom. The van der Waals surface area contributed by atoms with Gasteiger partial charge in [0.15, 0.2) is 34.7 Å². The van der Waals surface area contributed by atoms with Crippen molar-refractivity contribution < 1.29 is 79.6 Å². The number of halogens is 7. The fourth-order valence-electron chi connectivity index (χ4n) is 10.8. The summed E-state index contributed by atoms with van der Waals surface area (Å²) in [6.07, 6.45) is 3.64. The highest BCUT2D eigenvalue weighted by molar-refractivity contribution is 6.63. The zero-order chi connectivity index (χ0) is 81.1. The molecular formula is C80H82Cl4F3N9O14. The third-order valence-corrected chi connectivity index (χ3v) is 18.6. The maximum Gasteiger partial charge on any atom is 0.311 e. The molecule has 30 heteroatoms. The van der Waals surface area contributed by atoms with Crippen molar-refractivity contribution >= 4 is 92.6 Å². The van der Waals surface area contributed by atoms with Crippen LogP contribution in [0.4, 0.5) is 30.2 Å². The minimum Gasteiger partial charge on any atom is -0.505 e. The summed E-state index contributed by atoms with van der Waals surface area (Å²) in [5.41, 5.74) is 6.87. The molecule has 6 atom stereocenters. The van der Waals surface area contributed by atoms with Crippen LogP contribution in [0.15, 0.2) is 104 Å². The highest BCUT2D eigenvalue weighted by Crippen LogP contribution is 2.40. The molecule has 2 N–H and O–H groups in total. The van der Waals surface area contributed by atoms with Gasteiger partial charge in [-0.25, -0.2) is 27.7 Å². The average molecular weight is 1590 g/mol. The molecule has 0 aliphatic rings. The SMILES string of the molecule is CCCC(=O)Cl.[C-]#[N+]c1ccc(C[C@@H](c2nnc(-c3ccc(F)c(O)c3)o2)[C@@H](C)O)c(C)c1Cl.[C-]#[N+]c1ccc(C[C@@H](c2nnc(-c3ccc(F)c(OC(=O)CCC)c3)o2)[C@@H](C)OC(=O)CCC)c(C)c1Cl.[C-]#[N+]c1ccc(C[C@@H](c2nnc(-c3ccc(F)c(OC(=O)CCC)c3)o2)[C@@H](C)OC(=O)CCC)c(C)c1Cl. The Labute approximate surface area is 655 Å². The van der Waals surface area contributed by atoms with E-state index in [0.717, 1.165) is 58.0 Å². The van der Waals surface area contributed by atoms with Crippen LogP contribution in [-0.4, -0.2) is 88.2 Å². The molecule has 23 nitrogen and oxygen atoms in total. The summed E-state index contributed by atoms with van der Waals surface area (Å²) in [5.74, 6) is -5.59. The molecule has 110 heavy (non-hydrogen) atoms. The third-order valence-electron chi connectivity index (χ3n) is 17.0. The Hall–Kier alpha value is -10.5. The van der Waals surface area contributed by atoms with Gasteiger partial charge >= 0.3 is 23.9 Å². The minimum absolute atomic E-state index is 0.0861. The van der Waals surface area contributed by atoms with E-state index >= 15 is 0 Å². The van der Waals surface area contributed by atoms with Crippen LogP contribution in [0.3, 0.4) is 0 Å². The quantitative estimate of drug-likeness (QED) is 0.0190. The monoisotopic (exact) mass is 1590 g/mol. The number of hydrogen-bond donors (Lipinski definition) is 2. The van der Waals surface area contributed by atoms with Crippen molar-refractivity contribution in [3.63, 3.8) is 0 Å². The molecule has 0 fully saturated rings. The first kappa shape index (κ1) is 88.4. The molecule has 0 bridgehead atoms. The van der Waals surface area contributed by atoms with Gasteiger partial charge in [-0.2, -0.15) is 0 Å². The predicted octanol–water partition coefficient (Wildman–Crippen LogP) is 20.7. The number of esters is 4. The van der Waals surface area contributed by atoms with Crippen molar-refractivity contribution in [2.75, 3.05) is 0 Å². The van der Waals surface area contributed by atoms with E-state index < -0.39 is 71.2 Å². The van der Waals surface area contributed by atoms with E-state index in [4.69, 9.17) is 98.3 Å². The Balaban J connectivity index is 0.000000251. The predicted molar refractivity (Wildman–Crippen MR) is 407 cm³/mol. The molecule has 0 unspecified atom stereocenters. The molecular weight excluding hydrogens is 1510 g/mol. The fourth-order valence-corrected chi connectivity index (χ4v) is 11.6. The van der Waals surface area contributed by atoms with Crippen LogP contribution < -0.4 is 9.47 Å². The maximum absolute atomic E-state index is 14.3. The van der Waals surface area contributed by atoms with Gasteiger partial charge in [-0.05, 0) is 192 Å². The van der Waals surface area contributed by atoms with E-state index in [0.29, 0.717) is 100 Å². The second-order valence-corrected chi connectivity index (χ2v) is 26.8. The third kappa shape index (κ3) is 24.7. The number of aromatic nitrogens is 6. The van der Waals surface area contributed by atoms with Gasteiger partial charge in [-0.3, -0.25) is 24.0 Å². The number of aliphatic hydroxyl groups is 1. The lowest BCUT2D eigenvalue weighted by Gasteiger charge is -2.22. The number of ether oxygens (including phenoxy) is 4. The van der Waals surface area contributed by atoms with Gasteiger partial charge in [-0.1, -0.05) is 106 Å². The lowest BCUT2D eigenvalue weighted by Crippen LogP contribution is -2.25. The summed E-state index contributed by atoms with van der Waals surface area (Å²) in [6.45, 7) is 41.6. The van der Waals surface area contributed by atoms with Crippen molar-refractivity contribution in [1.82, 2.24) is 30.6 Å². The van der Waals surface area contributed by atoms with Gasteiger partial charge in [0.1, 0.15) is 12.2 Å². The molecule has 0 saturated carbocycles. The van der Waals surface area contributed by atoms with Crippen molar-refractivity contribution in [1.29, 1.82) is 0 Å². The molecule has 0 aliphatic heterocycles. The molecule has 580 valence electrons. The number of carbonyl (C=O) groups excluding carboxylic acids is 5. The number of aliphatic hydroxyl groups excluding tert-OH is 1. The van der Waals surface area contributed by atoms with Crippen LogP contribution in [0.5, 0.6) is 17.2 Å². The van der Waals surface area contributed by atoms with E-state index in [1.165, 1.54) is 36.4 Å². The topological polar surface area (TPSA) is 293 Å². The molecule has 3 heterocycles. The van der Waals surface area contributed by atoms with E-state index in [-0.39, 0.29) is 89.7 Å². The number of benzene rings is 6. The second kappa shape index (κ2) is 43.0. The van der Waals surface area contributed by atoms with Crippen molar-refractivity contribution in [3.8, 4) is 51.6 Å². The Morgan fingerprint density at radius 1 is 0.455 bits per heavy atom. The fraction of sp³-hybridized carbons (Fsp3) is 0.375. The number of phenols is 1. The van der Waals surface area contributed by atoms with Crippen LogP contribution in [-0.2, 0) is 52.7 Å². The number of phenolic OH excluding ortho intramolecular Hbond substituents is 1. The van der Waals surface area contributed by atoms with E-state index in [1.807, 2.05) is 55.4 Å². The summed E-state index contributed by atoms with van der Waals surface area (Å²) in [5, 5.41) is 45.2. The molecule has 0 saturated heterocycles. The Kier molecular flexibility index (Phi) is 34.6. The number of rotatable bonds is 29. The average Bonchev–Trinajstić information content (AvgIpc) is 1.64. The minimum atomic E-state index is -0.798. The number of carbonyl (C=O) groups is 5. The summed E-state index contributed by atoms with van der Waals surface area (Å²) in [7, 11) is 0. The summed E-state index contributed by atoms with van der Waals surface area (Å²) in [4.78, 5) is 68.3. The van der Waals surface area contributed by atoms with E-state index in [1.54, 1.807) is 57.2 Å². The molecule has 9 aromatic rings. The first-order valence-corrected chi connectivity index (χ1v) is 36.7. The first-order valence-electron chi connectivity index (χ1n) is 35.2. The molecule has 0 amide bonds. The van der Waals surface area contributed by atoms with Gasteiger partial charge in [0, 0.05) is 48.8 Å². The van der Waals surface area contributed by atoms with E-state index in [2.05, 4.69) is 45.1 Å². The van der Waals surface area contributed by atoms with Crippen LogP contribution in [0.25, 0.3) is 48.9 Å². The Morgan fingerprint density at radius 3 is 1.06 bits per heavy atom. The number of hydrogen-bond acceptors (Lipinski definition) is 20. The summed E-state index contributed by atoms with van der Waals surface area (Å²) in [6, 6.07) is 21.9. The smallest absolute Gasteiger partial charge is 0.311 e. The standard InChI is InChI=1S/2C28H29ClFN3O5.C20H17ClFN3O3.C4H7ClO/c2*1-6-8-24(34)36-17(4)20(14-18-11-13-22(31-5)26(29)16(18)3)28-33-32-27(38-28)19-10-12-21(30)23(15-19)37-25(35)9-7-2;1-10-12(5-7-16(23-3)18(10)21)8-14(11(2)26)20-25-24-19(28-20)13-4-6-15(22)17(27)9-13;1-2-3-4(5)6/h2*10-13,15,17,20H,6-9,14H2,1-4H3;4-7,9,11,14,26-27H,8H2,1-2H3;2-3H2,1H3/t2*17-,20-;11-,14-;/m111./s1. The zero-order valence-corrected chi connectivity index (χ0v) is 65.3. The van der Waals surface area contributed by atoms with Crippen LogP contribution >= 0.6 is 46.4 Å². The van der Waals surface area contributed by atoms with Gasteiger partial charge in [-0.15, -0.1) is 30.6 Å². The highest BCUT2D eigenvalue weighted by Gasteiger charge is 2.33. The van der Waals surface area contributed by atoms with Crippen LogP contribution in [0, 0.1) is 57.9 Å². The molecule has 0 radical (unpaired) electrons. The van der Waals surface area contributed by atoms with Crippen LogP contribution in [0.1, 0.15) is 188 Å². The van der Waals surface area contributed by atoms with Crippen molar-refractivity contribution in [2.45, 2.75) is 196 Å². The van der Waals surface area contributed by atoms with Crippen molar-refractivity contribution in [3.05, 3.63) is 209 Å². The molecule has 6 aromatic carbocycles. The zero-order valence-electron chi connectivity index (χ0n) is 62.3. The van der Waals surface area contributed by atoms with Gasteiger partial charge in [0.25, 0.3) is 0 Å². The second-order valence-electron chi connectivity index (χ2n) is 25.3. The summed E-state index contributed by atoms with van der Waals surface area (Å²) >= 11 is 23.9. The maximum atomic E-state index is 14.3. The van der Waals surface area contributed by atoms with Crippen LogP contribution in [0.2, 0.25) is 15.1 Å². The van der Waals surface area contributed by atoms with Gasteiger partial charge in [0.2, 0.25) is 57.6 Å². The van der Waals surface area contributed by atoms with Gasteiger partial charge in [0.05, 0.1) is 58.6 Å². The highest BCUT2D eigenvalue weighted by atomic mass is 35.5. The first-order chi connectivity index (χ1) is 52.4. The molecule has 9 rings (SSSR count). The molecule has 3 aromatic heterocycles. The van der Waals surface area contributed by atoms with E-state index in [9.17, 15) is 47.4 Å². The summed E-state index contributed by atoms with van der Waals surface area (Å²) < 4.78 is 81.0. The lowest BCUT2D eigenvalue weighted by molar-refractivity contribution is -0.150. The number of aromatic hydroxyl groups is 1. The lowest BCUT2D eigenvalue weighted by atomic mass is 9.92. The van der Waals surface area contributed by atoms with Crippen molar-refractivity contribution in [2.24, 2.45) is 0 Å². The normalized spacial score (nSPS) is 12.4.